The summed E-state index contributed by atoms with van der Waals surface area (Å²) in [6.07, 6.45) is 1.55. The first-order valence-electron chi connectivity index (χ1n) is 8.25. The zero-order valence-electron chi connectivity index (χ0n) is 15.3. The summed E-state index contributed by atoms with van der Waals surface area (Å²) in [7, 11) is -0.898. The van der Waals surface area contributed by atoms with Crippen molar-refractivity contribution in [3.8, 4) is 28.8 Å². The molecule has 0 amide bonds. The van der Waals surface area contributed by atoms with Crippen LogP contribution in [0.15, 0.2) is 58.0 Å². The maximum atomic E-state index is 12.5. The maximum Gasteiger partial charge on any atom is 0.244 e. The SMILES string of the molecule is COc1ccc(S(=O)(=O)NCCOc2ccc(-c3ccco3)nn2)c(OC)c1. The summed E-state index contributed by atoms with van der Waals surface area (Å²) in [5, 5.41) is 7.93. The van der Waals surface area contributed by atoms with E-state index in [9.17, 15) is 8.42 Å². The number of nitrogens with one attached hydrogen (secondary N) is 1. The zero-order valence-corrected chi connectivity index (χ0v) is 16.1. The first kappa shape index (κ1) is 19.6. The van der Waals surface area contributed by atoms with E-state index in [4.69, 9.17) is 18.6 Å². The molecule has 0 saturated carbocycles. The Morgan fingerprint density at radius 1 is 1.07 bits per heavy atom. The molecular formula is C18H19N3O6S. The van der Waals surface area contributed by atoms with Crippen molar-refractivity contribution >= 4 is 10.0 Å². The van der Waals surface area contributed by atoms with Crippen LogP contribution in [0.2, 0.25) is 0 Å². The summed E-state index contributed by atoms with van der Waals surface area (Å²) in [5.41, 5.74) is 0.574. The van der Waals surface area contributed by atoms with Gasteiger partial charge in [-0.3, -0.25) is 0 Å². The van der Waals surface area contributed by atoms with E-state index in [1.807, 2.05) is 0 Å². The van der Waals surface area contributed by atoms with Crippen LogP contribution >= 0.6 is 0 Å². The third-order valence-electron chi connectivity index (χ3n) is 3.72. The van der Waals surface area contributed by atoms with Gasteiger partial charge in [-0.2, -0.15) is 0 Å². The fourth-order valence-electron chi connectivity index (χ4n) is 2.36. The Morgan fingerprint density at radius 3 is 2.57 bits per heavy atom. The zero-order chi connectivity index (χ0) is 20.0. The van der Waals surface area contributed by atoms with Gasteiger partial charge < -0.3 is 18.6 Å². The van der Waals surface area contributed by atoms with Crippen LogP contribution in [0.3, 0.4) is 0 Å². The second-order valence-corrected chi connectivity index (χ2v) is 7.23. The Kier molecular flexibility index (Phi) is 6.12. The van der Waals surface area contributed by atoms with E-state index in [0.717, 1.165) is 0 Å². The van der Waals surface area contributed by atoms with Crippen molar-refractivity contribution < 1.29 is 27.0 Å². The minimum absolute atomic E-state index is 0.0124. The van der Waals surface area contributed by atoms with Crippen LogP contribution in [0.5, 0.6) is 17.4 Å². The van der Waals surface area contributed by atoms with Crippen molar-refractivity contribution in [1.29, 1.82) is 0 Å². The van der Waals surface area contributed by atoms with Crippen LogP contribution in [0.4, 0.5) is 0 Å². The molecule has 0 radical (unpaired) electrons. The second kappa shape index (κ2) is 8.72. The standard InChI is InChI=1S/C18H19N3O6S/c1-24-13-5-7-17(16(12-13)25-2)28(22,23)19-9-11-27-18-8-6-14(20-21-18)15-4-3-10-26-15/h3-8,10,12,19H,9,11H2,1-2H3. The molecule has 0 bridgehead atoms. The molecule has 0 saturated heterocycles. The molecule has 1 aromatic carbocycles. The monoisotopic (exact) mass is 405 g/mol. The largest absolute Gasteiger partial charge is 0.497 e. The minimum atomic E-state index is -3.78. The number of methoxy groups -OCH3 is 2. The van der Waals surface area contributed by atoms with Gasteiger partial charge in [0.1, 0.15) is 28.7 Å². The van der Waals surface area contributed by atoms with Crippen LogP contribution in [0.25, 0.3) is 11.5 Å². The molecule has 0 aliphatic heterocycles. The Bertz CT molecular complexity index is 1000. The highest BCUT2D eigenvalue weighted by atomic mass is 32.2. The van der Waals surface area contributed by atoms with E-state index in [0.29, 0.717) is 17.2 Å². The van der Waals surface area contributed by atoms with Gasteiger partial charge in [-0.1, -0.05) is 0 Å². The fourth-order valence-corrected chi connectivity index (χ4v) is 3.52. The third-order valence-corrected chi connectivity index (χ3v) is 5.22. The Balaban J connectivity index is 1.56. The second-order valence-electron chi connectivity index (χ2n) is 5.50. The van der Waals surface area contributed by atoms with Crippen LogP contribution in [-0.2, 0) is 10.0 Å². The quantitative estimate of drug-likeness (QED) is 0.539. The molecule has 0 unspecified atom stereocenters. The highest BCUT2D eigenvalue weighted by Crippen LogP contribution is 2.28. The van der Waals surface area contributed by atoms with Gasteiger partial charge in [-0.15, -0.1) is 10.2 Å². The van der Waals surface area contributed by atoms with Crippen molar-refractivity contribution in [2.24, 2.45) is 0 Å². The lowest BCUT2D eigenvalue weighted by atomic mass is 10.3. The first-order valence-corrected chi connectivity index (χ1v) is 9.74. The van der Waals surface area contributed by atoms with Crippen molar-refractivity contribution in [2.75, 3.05) is 27.4 Å². The molecule has 3 aromatic rings. The van der Waals surface area contributed by atoms with Crippen LogP contribution in [-0.4, -0.2) is 46.0 Å². The van der Waals surface area contributed by atoms with E-state index in [2.05, 4.69) is 14.9 Å². The number of hydrogen-bond donors (Lipinski definition) is 1. The summed E-state index contributed by atoms with van der Waals surface area (Å²) in [4.78, 5) is 0.0124. The number of rotatable bonds is 9. The van der Waals surface area contributed by atoms with Crippen LogP contribution in [0, 0.1) is 0 Å². The molecule has 2 aromatic heterocycles. The molecule has 1 N–H and O–H groups in total. The van der Waals surface area contributed by atoms with Crippen molar-refractivity contribution in [3.05, 3.63) is 48.7 Å². The normalized spacial score (nSPS) is 11.2. The molecule has 148 valence electrons. The Morgan fingerprint density at radius 2 is 1.93 bits per heavy atom. The predicted molar refractivity (Wildman–Crippen MR) is 100.0 cm³/mol. The van der Waals surface area contributed by atoms with Gasteiger partial charge >= 0.3 is 0 Å². The lowest BCUT2D eigenvalue weighted by Gasteiger charge is -2.12. The van der Waals surface area contributed by atoms with Crippen molar-refractivity contribution in [1.82, 2.24) is 14.9 Å². The van der Waals surface area contributed by atoms with Crippen LogP contribution < -0.4 is 18.9 Å². The van der Waals surface area contributed by atoms with Gasteiger partial charge in [-0.25, -0.2) is 13.1 Å². The summed E-state index contributed by atoms with van der Waals surface area (Å²) in [6, 6.07) is 11.3. The van der Waals surface area contributed by atoms with Gasteiger partial charge in [0.2, 0.25) is 15.9 Å². The molecule has 28 heavy (non-hydrogen) atoms. The molecule has 9 nitrogen and oxygen atoms in total. The molecule has 0 aliphatic carbocycles. The van der Waals surface area contributed by atoms with Crippen LogP contribution in [0.1, 0.15) is 0 Å². The number of hydrogen-bond acceptors (Lipinski definition) is 8. The lowest BCUT2D eigenvalue weighted by Crippen LogP contribution is -2.28. The summed E-state index contributed by atoms with van der Waals surface area (Å²) in [5.74, 6) is 1.56. The maximum absolute atomic E-state index is 12.5. The van der Waals surface area contributed by atoms with Crippen molar-refractivity contribution in [3.63, 3.8) is 0 Å². The van der Waals surface area contributed by atoms with Gasteiger partial charge in [0.25, 0.3) is 0 Å². The molecule has 2 heterocycles. The summed E-state index contributed by atoms with van der Waals surface area (Å²) < 4.78 is 48.3. The molecule has 0 spiro atoms. The smallest absolute Gasteiger partial charge is 0.244 e. The van der Waals surface area contributed by atoms with E-state index in [1.54, 1.807) is 36.6 Å². The number of nitrogens with zero attached hydrogens (tertiary/aromatic N) is 2. The summed E-state index contributed by atoms with van der Waals surface area (Å²) in [6.45, 7) is 0.117. The number of benzene rings is 1. The van der Waals surface area contributed by atoms with Crippen molar-refractivity contribution in [2.45, 2.75) is 4.90 Å². The van der Waals surface area contributed by atoms with E-state index in [1.165, 1.54) is 26.4 Å². The van der Waals surface area contributed by atoms with Gasteiger partial charge in [0, 0.05) is 18.7 Å². The Hall–Kier alpha value is -3.11. The average Bonchev–Trinajstić information content (AvgIpc) is 3.26. The van der Waals surface area contributed by atoms with E-state index >= 15 is 0 Å². The first-order chi connectivity index (χ1) is 13.5. The molecule has 10 heteroatoms. The number of aromatic nitrogens is 2. The molecular weight excluding hydrogens is 386 g/mol. The minimum Gasteiger partial charge on any atom is -0.497 e. The Labute approximate surface area is 162 Å². The molecule has 0 aliphatic rings. The molecule has 0 fully saturated rings. The highest BCUT2D eigenvalue weighted by Gasteiger charge is 2.19. The van der Waals surface area contributed by atoms with E-state index in [-0.39, 0.29) is 29.7 Å². The predicted octanol–water partition coefficient (Wildman–Crippen LogP) is 2.11. The molecule has 3 rings (SSSR count). The third kappa shape index (κ3) is 4.59. The fraction of sp³-hybridized carbons (Fsp3) is 0.222. The van der Waals surface area contributed by atoms with Gasteiger partial charge in [-0.05, 0) is 30.3 Å². The lowest BCUT2D eigenvalue weighted by molar-refractivity contribution is 0.307. The van der Waals surface area contributed by atoms with Gasteiger partial charge in [0.05, 0.1) is 20.5 Å². The number of furan rings is 1. The number of ether oxygens (including phenoxy) is 3. The topological polar surface area (TPSA) is 113 Å². The average molecular weight is 405 g/mol. The summed E-state index contributed by atoms with van der Waals surface area (Å²) >= 11 is 0. The van der Waals surface area contributed by atoms with Gasteiger partial charge in [0.15, 0.2) is 5.76 Å². The highest BCUT2D eigenvalue weighted by molar-refractivity contribution is 7.89. The van der Waals surface area contributed by atoms with E-state index < -0.39 is 10.0 Å². The number of sulfonamides is 1. The molecule has 0 atom stereocenters.